The summed E-state index contributed by atoms with van der Waals surface area (Å²) in [7, 11) is 0. The lowest BCUT2D eigenvalue weighted by Crippen LogP contribution is -2.49. The van der Waals surface area contributed by atoms with Crippen LogP contribution in [0.4, 0.5) is 0 Å². The minimum atomic E-state index is 0.687. The Morgan fingerprint density at radius 3 is 3.05 bits per heavy atom. The smallest absolute Gasteiger partial charge is 0.240 e. The summed E-state index contributed by atoms with van der Waals surface area (Å²) in [6.07, 6.45) is 4.76. The van der Waals surface area contributed by atoms with Crippen LogP contribution in [0.2, 0.25) is 0 Å². The molecule has 2 aliphatic rings. The van der Waals surface area contributed by atoms with E-state index in [1.807, 2.05) is 0 Å². The average molecular weight is 278 g/mol. The molecule has 0 aliphatic carbocycles. The van der Waals surface area contributed by atoms with Crippen LogP contribution in [0.15, 0.2) is 4.52 Å². The topological polar surface area (TPSA) is 45.4 Å². The van der Waals surface area contributed by atoms with Gasteiger partial charge in [0.15, 0.2) is 5.82 Å². The number of fused-ring (bicyclic) bond motifs is 1. The lowest BCUT2D eigenvalue weighted by Gasteiger charge is -2.36. The van der Waals surface area contributed by atoms with E-state index in [4.69, 9.17) is 4.52 Å². The number of aryl methyl sites for hydroxylation is 1. The van der Waals surface area contributed by atoms with Crippen molar-refractivity contribution in [3.63, 3.8) is 0 Å². The van der Waals surface area contributed by atoms with Gasteiger partial charge >= 0.3 is 0 Å². The van der Waals surface area contributed by atoms with Crippen LogP contribution in [-0.4, -0.2) is 52.2 Å². The number of nitrogens with zero attached hydrogens (tertiary/aromatic N) is 4. The Morgan fingerprint density at radius 1 is 1.30 bits per heavy atom. The normalized spacial score (nSPS) is 24.4. The van der Waals surface area contributed by atoms with E-state index in [9.17, 15) is 0 Å². The van der Waals surface area contributed by atoms with Crippen molar-refractivity contribution in [3.8, 4) is 0 Å². The van der Waals surface area contributed by atoms with Gasteiger partial charge in [-0.2, -0.15) is 4.98 Å². The summed E-state index contributed by atoms with van der Waals surface area (Å²) in [5.74, 6) is 2.34. The Balaban J connectivity index is 1.50. The third kappa shape index (κ3) is 3.38. The summed E-state index contributed by atoms with van der Waals surface area (Å²) in [6.45, 7) is 10.0. The Kier molecular flexibility index (Phi) is 4.36. The molecule has 0 spiro atoms. The summed E-state index contributed by atoms with van der Waals surface area (Å²) in [6, 6.07) is 0.757. The van der Waals surface area contributed by atoms with Crippen LogP contribution in [0.25, 0.3) is 0 Å². The fourth-order valence-corrected chi connectivity index (χ4v) is 3.26. The molecule has 0 N–H and O–H groups in total. The maximum atomic E-state index is 5.39. The summed E-state index contributed by atoms with van der Waals surface area (Å²) >= 11 is 0. The second kappa shape index (κ2) is 6.22. The molecular formula is C15H26N4O. The second-order valence-electron chi connectivity index (χ2n) is 6.60. The minimum absolute atomic E-state index is 0.687. The molecule has 5 heteroatoms. The van der Waals surface area contributed by atoms with Gasteiger partial charge in [0.25, 0.3) is 0 Å². The predicted molar refractivity (Wildman–Crippen MR) is 77.3 cm³/mol. The van der Waals surface area contributed by atoms with Gasteiger partial charge in [-0.15, -0.1) is 0 Å². The van der Waals surface area contributed by atoms with E-state index >= 15 is 0 Å². The maximum absolute atomic E-state index is 5.39. The fraction of sp³-hybridized carbons (Fsp3) is 0.867. The van der Waals surface area contributed by atoms with Crippen LogP contribution in [-0.2, 0) is 13.0 Å². The standard InChI is InChI=1S/C15H26N4O/c1-12(2)5-6-14-16-15(20-17-14)11-18-8-9-19-7-3-4-13(19)10-18/h12-13H,3-11H2,1-2H3/t13-/m0/s1. The average Bonchev–Trinajstić information content (AvgIpc) is 3.04. The van der Waals surface area contributed by atoms with Crippen molar-refractivity contribution in [2.24, 2.45) is 5.92 Å². The van der Waals surface area contributed by atoms with E-state index in [0.29, 0.717) is 5.92 Å². The lowest BCUT2D eigenvalue weighted by atomic mass is 10.1. The number of aromatic nitrogens is 2. The van der Waals surface area contributed by atoms with Crippen LogP contribution < -0.4 is 0 Å². The quantitative estimate of drug-likeness (QED) is 0.823. The van der Waals surface area contributed by atoms with Gasteiger partial charge in [-0.05, 0) is 31.7 Å². The molecule has 0 saturated carbocycles. The molecule has 112 valence electrons. The number of hydrogen-bond acceptors (Lipinski definition) is 5. The molecule has 1 aromatic heterocycles. The molecule has 0 radical (unpaired) electrons. The first-order valence-corrected chi connectivity index (χ1v) is 7.98. The minimum Gasteiger partial charge on any atom is -0.338 e. The van der Waals surface area contributed by atoms with Crippen LogP contribution in [0.1, 0.15) is 44.8 Å². The summed E-state index contributed by atoms with van der Waals surface area (Å²) < 4.78 is 5.39. The van der Waals surface area contributed by atoms with Crippen molar-refractivity contribution in [2.45, 2.75) is 52.1 Å². The highest BCUT2D eigenvalue weighted by atomic mass is 16.5. The Hall–Kier alpha value is -0.940. The largest absolute Gasteiger partial charge is 0.338 e. The van der Waals surface area contributed by atoms with Gasteiger partial charge < -0.3 is 4.52 Å². The van der Waals surface area contributed by atoms with E-state index in [1.54, 1.807) is 0 Å². The van der Waals surface area contributed by atoms with Crippen LogP contribution >= 0.6 is 0 Å². The highest BCUT2D eigenvalue weighted by molar-refractivity contribution is 4.91. The van der Waals surface area contributed by atoms with E-state index < -0.39 is 0 Å². The fourth-order valence-electron chi connectivity index (χ4n) is 3.26. The molecule has 3 rings (SSSR count). The zero-order valence-electron chi connectivity index (χ0n) is 12.7. The number of piperazine rings is 1. The van der Waals surface area contributed by atoms with Crippen molar-refractivity contribution in [1.82, 2.24) is 19.9 Å². The summed E-state index contributed by atoms with van der Waals surface area (Å²) in [4.78, 5) is 9.62. The van der Waals surface area contributed by atoms with Gasteiger partial charge in [-0.1, -0.05) is 19.0 Å². The third-order valence-electron chi connectivity index (χ3n) is 4.49. The molecule has 2 saturated heterocycles. The maximum Gasteiger partial charge on any atom is 0.240 e. The monoisotopic (exact) mass is 278 g/mol. The third-order valence-corrected chi connectivity index (χ3v) is 4.49. The van der Waals surface area contributed by atoms with Gasteiger partial charge in [0.1, 0.15) is 0 Å². The molecule has 5 nitrogen and oxygen atoms in total. The first-order valence-electron chi connectivity index (χ1n) is 7.98. The highest BCUT2D eigenvalue weighted by Gasteiger charge is 2.30. The van der Waals surface area contributed by atoms with Crippen molar-refractivity contribution >= 4 is 0 Å². The SMILES string of the molecule is CC(C)CCc1noc(CN2CCN3CCC[C@H]3C2)n1. The molecule has 0 unspecified atom stereocenters. The Morgan fingerprint density at radius 2 is 2.20 bits per heavy atom. The number of hydrogen-bond donors (Lipinski definition) is 0. The molecule has 20 heavy (non-hydrogen) atoms. The zero-order chi connectivity index (χ0) is 13.9. The van der Waals surface area contributed by atoms with E-state index in [1.165, 1.54) is 25.9 Å². The Bertz CT molecular complexity index is 431. The molecule has 3 heterocycles. The van der Waals surface area contributed by atoms with Crippen molar-refractivity contribution < 1.29 is 4.52 Å². The molecule has 2 fully saturated rings. The predicted octanol–water partition coefficient (Wildman–Crippen LogP) is 1.94. The van der Waals surface area contributed by atoms with Crippen LogP contribution in [0.3, 0.4) is 0 Å². The van der Waals surface area contributed by atoms with Gasteiger partial charge in [0.2, 0.25) is 5.89 Å². The highest BCUT2D eigenvalue weighted by Crippen LogP contribution is 2.22. The molecule has 0 bridgehead atoms. The van der Waals surface area contributed by atoms with E-state index in [2.05, 4.69) is 33.8 Å². The summed E-state index contributed by atoms with van der Waals surface area (Å²) in [5.41, 5.74) is 0. The lowest BCUT2D eigenvalue weighted by molar-refractivity contribution is 0.0908. The molecule has 1 aromatic rings. The number of rotatable bonds is 5. The molecule has 2 aliphatic heterocycles. The van der Waals surface area contributed by atoms with Crippen molar-refractivity contribution in [2.75, 3.05) is 26.2 Å². The van der Waals surface area contributed by atoms with Crippen LogP contribution in [0.5, 0.6) is 0 Å². The van der Waals surface area contributed by atoms with Gasteiger partial charge in [0, 0.05) is 32.1 Å². The van der Waals surface area contributed by atoms with Gasteiger partial charge in [-0.3, -0.25) is 9.80 Å². The Labute approximate surface area is 121 Å². The van der Waals surface area contributed by atoms with E-state index in [-0.39, 0.29) is 0 Å². The zero-order valence-corrected chi connectivity index (χ0v) is 12.7. The van der Waals surface area contributed by atoms with Crippen molar-refractivity contribution in [1.29, 1.82) is 0 Å². The molecule has 0 amide bonds. The van der Waals surface area contributed by atoms with Gasteiger partial charge in [0.05, 0.1) is 6.54 Å². The first-order chi connectivity index (χ1) is 9.70. The second-order valence-corrected chi connectivity index (χ2v) is 6.60. The molecular weight excluding hydrogens is 252 g/mol. The van der Waals surface area contributed by atoms with Gasteiger partial charge in [-0.25, -0.2) is 0 Å². The van der Waals surface area contributed by atoms with E-state index in [0.717, 1.165) is 50.2 Å². The first kappa shape index (κ1) is 14.0. The van der Waals surface area contributed by atoms with Crippen molar-refractivity contribution in [3.05, 3.63) is 11.7 Å². The molecule has 1 atom stereocenters. The van der Waals surface area contributed by atoms with Crippen LogP contribution in [0, 0.1) is 5.92 Å². The summed E-state index contributed by atoms with van der Waals surface area (Å²) in [5, 5.41) is 4.10. The molecule has 0 aromatic carbocycles.